The standard InChI is InChI=1S/C13H21N3O/c1-4-10(5-2)9-16-13(17)11-7-6-8-15-12(11)14-3/h6-8,10H,4-5,9H2,1-3H3,(H,14,15)(H,16,17). The molecular formula is C13H21N3O. The van der Waals surface area contributed by atoms with Gasteiger partial charge >= 0.3 is 0 Å². The maximum atomic E-state index is 12.0. The molecule has 17 heavy (non-hydrogen) atoms. The molecule has 4 nitrogen and oxygen atoms in total. The number of aromatic nitrogens is 1. The predicted molar refractivity (Wildman–Crippen MR) is 70.2 cm³/mol. The summed E-state index contributed by atoms with van der Waals surface area (Å²) in [6.07, 6.45) is 3.84. The van der Waals surface area contributed by atoms with Crippen LogP contribution in [-0.2, 0) is 0 Å². The molecule has 0 aromatic carbocycles. The second-order valence-corrected chi connectivity index (χ2v) is 4.04. The van der Waals surface area contributed by atoms with Gasteiger partial charge in [-0.15, -0.1) is 0 Å². The molecule has 0 radical (unpaired) electrons. The van der Waals surface area contributed by atoms with Gasteiger partial charge in [0.15, 0.2) is 0 Å². The molecule has 1 rings (SSSR count). The van der Waals surface area contributed by atoms with Crippen LogP contribution in [0.1, 0.15) is 37.0 Å². The highest BCUT2D eigenvalue weighted by molar-refractivity contribution is 5.98. The molecule has 0 aliphatic heterocycles. The summed E-state index contributed by atoms with van der Waals surface area (Å²) in [5.74, 6) is 1.11. The fraction of sp³-hybridized carbons (Fsp3) is 0.538. The van der Waals surface area contributed by atoms with Crippen LogP contribution in [0, 0.1) is 5.92 Å². The Balaban J connectivity index is 2.63. The van der Waals surface area contributed by atoms with Gasteiger partial charge in [-0.05, 0) is 18.1 Å². The molecule has 4 heteroatoms. The Kier molecular flexibility index (Phi) is 5.46. The van der Waals surface area contributed by atoms with Crippen LogP contribution in [0.5, 0.6) is 0 Å². The molecule has 2 N–H and O–H groups in total. The van der Waals surface area contributed by atoms with Crippen molar-refractivity contribution in [3.8, 4) is 0 Å². The van der Waals surface area contributed by atoms with Gasteiger partial charge < -0.3 is 10.6 Å². The number of pyridine rings is 1. The third-order valence-corrected chi connectivity index (χ3v) is 3.00. The highest BCUT2D eigenvalue weighted by atomic mass is 16.1. The molecule has 0 bridgehead atoms. The molecule has 1 aromatic rings. The zero-order valence-electron chi connectivity index (χ0n) is 10.8. The van der Waals surface area contributed by atoms with Crippen LogP contribution in [0.2, 0.25) is 0 Å². The lowest BCUT2D eigenvalue weighted by atomic mass is 10.0. The van der Waals surface area contributed by atoms with E-state index in [0.29, 0.717) is 17.3 Å². The number of carbonyl (C=O) groups is 1. The molecule has 0 saturated carbocycles. The summed E-state index contributed by atoms with van der Waals surface area (Å²) < 4.78 is 0. The van der Waals surface area contributed by atoms with E-state index in [4.69, 9.17) is 0 Å². The van der Waals surface area contributed by atoms with Crippen molar-refractivity contribution in [2.75, 3.05) is 18.9 Å². The summed E-state index contributed by atoms with van der Waals surface area (Å²) >= 11 is 0. The lowest BCUT2D eigenvalue weighted by Crippen LogP contribution is -2.29. The number of anilines is 1. The van der Waals surface area contributed by atoms with Crippen molar-refractivity contribution in [2.45, 2.75) is 26.7 Å². The summed E-state index contributed by atoms with van der Waals surface area (Å²) in [6, 6.07) is 3.55. The molecule has 1 amide bonds. The minimum absolute atomic E-state index is 0.0608. The number of hydrogen-bond donors (Lipinski definition) is 2. The predicted octanol–water partition coefficient (Wildman–Crippen LogP) is 2.29. The average molecular weight is 235 g/mol. The normalized spacial score (nSPS) is 10.4. The van der Waals surface area contributed by atoms with Gasteiger partial charge in [0.05, 0.1) is 5.56 Å². The first-order chi connectivity index (χ1) is 8.22. The Morgan fingerprint density at radius 2 is 2.12 bits per heavy atom. The van der Waals surface area contributed by atoms with E-state index < -0.39 is 0 Å². The number of amides is 1. The second kappa shape index (κ2) is 6.89. The number of nitrogens with one attached hydrogen (secondary N) is 2. The molecule has 1 heterocycles. The van der Waals surface area contributed by atoms with E-state index in [1.54, 1.807) is 25.4 Å². The summed E-state index contributed by atoms with van der Waals surface area (Å²) in [6.45, 7) is 5.01. The zero-order chi connectivity index (χ0) is 12.7. The van der Waals surface area contributed by atoms with Crippen LogP contribution < -0.4 is 10.6 Å². The molecule has 0 unspecified atom stereocenters. The average Bonchev–Trinajstić information content (AvgIpc) is 2.39. The highest BCUT2D eigenvalue weighted by Crippen LogP contribution is 2.11. The van der Waals surface area contributed by atoms with Gasteiger partial charge in [-0.1, -0.05) is 26.7 Å². The number of carbonyl (C=O) groups excluding carboxylic acids is 1. The van der Waals surface area contributed by atoms with E-state index in [0.717, 1.165) is 19.4 Å². The molecule has 0 atom stereocenters. The van der Waals surface area contributed by atoms with Crippen molar-refractivity contribution in [1.29, 1.82) is 0 Å². The number of hydrogen-bond acceptors (Lipinski definition) is 3. The number of rotatable bonds is 6. The van der Waals surface area contributed by atoms with Crippen LogP contribution in [0.25, 0.3) is 0 Å². The van der Waals surface area contributed by atoms with Crippen molar-refractivity contribution in [2.24, 2.45) is 5.92 Å². The van der Waals surface area contributed by atoms with E-state index in [2.05, 4.69) is 29.5 Å². The van der Waals surface area contributed by atoms with Crippen LogP contribution in [0.3, 0.4) is 0 Å². The summed E-state index contributed by atoms with van der Waals surface area (Å²) in [5.41, 5.74) is 0.598. The van der Waals surface area contributed by atoms with Gasteiger partial charge in [-0.25, -0.2) is 4.98 Å². The topological polar surface area (TPSA) is 54.0 Å². The van der Waals surface area contributed by atoms with Gasteiger partial charge in [0.2, 0.25) is 0 Å². The summed E-state index contributed by atoms with van der Waals surface area (Å²) in [7, 11) is 1.76. The molecular weight excluding hydrogens is 214 g/mol. The van der Waals surface area contributed by atoms with Gasteiger partial charge in [-0.3, -0.25) is 4.79 Å². The molecule has 0 fully saturated rings. The van der Waals surface area contributed by atoms with Crippen molar-refractivity contribution < 1.29 is 4.79 Å². The maximum Gasteiger partial charge on any atom is 0.255 e. The molecule has 0 spiro atoms. The molecule has 0 aliphatic carbocycles. The first-order valence-corrected chi connectivity index (χ1v) is 6.13. The van der Waals surface area contributed by atoms with E-state index in [1.807, 2.05) is 0 Å². The molecule has 94 valence electrons. The molecule has 0 aliphatic rings. The van der Waals surface area contributed by atoms with Gasteiger partial charge in [0.1, 0.15) is 5.82 Å². The smallest absolute Gasteiger partial charge is 0.255 e. The first kappa shape index (κ1) is 13.5. The third kappa shape index (κ3) is 3.73. The monoisotopic (exact) mass is 235 g/mol. The summed E-state index contributed by atoms with van der Waals surface area (Å²) in [5, 5.41) is 5.88. The Morgan fingerprint density at radius 3 is 2.71 bits per heavy atom. The zero-order valence-corrected chi connectivity index (χ0v) is 10.8. The minimum Gasteiger partial charge on any atom is -0.372 e. The van der Waals surface area contributed by atoms with Crippen molar-refractivity contribution >= 4 is 11.7 Å². The van der Waals surface area contributed by atoms with Crippen molar-refractivity contribution in [3.05, 3.63) is 23.9 Å². The van der Waals surface area contributed by atoms with Gasteiger partial charge in [0, 0.05) is 19.8 Å². The lowest BCUT2D eigenvalue weighted by Gasteiger charge is -2.14. The largest absolute Gasteiger partial charge is 0.372 e. The van der Waals surface area contributed by atoms with Crippen molar-refractivity contribution in [3.63, 3.8) is 0 Å². The van der Waals surface area contributed by atoms with E-state index >= 15 is 0 Å². The first-order valence-electron chi connectivity index (χ1n) is 6.13. The SMILES string of the molecule is CCC(CC)CNC(=O)c1cccnc1NC. The quantitative estimate of drug-likeness (QED) is 0.795. The molecule has 1 aromatic heterocycles. The fourth-order valence-corrected chi connectivity index (χ4v) is 1.70. The Bertz CT molecular complexity index is 361. The van der Waals surface area contributed by atoms with E-state index in [1.165, 1.54) is 0 Å². The van der Waals surface area contributed by atoms with Crippen LogP contribution in [0.4, 0.5) is 5.82 Å². The van der Waals surface area contributed by atoms with Crippen LogP contribution >= 0.6 is 0 Å². The molecule has 0 saturated heterocycles. The Morgan fingerprint density at radius 1 is 1.41 bits per heavy atom. The minimum atomic E-state index is -0.0608. The van der Waals surface area contributed by atoms with E-state index in [9.17, 15) is 4.79 Å². The lowest BCUT2D eigenvalue weighted by molar-refractivity contribution is 0.0947. The second-order valence-electron chi connectivity index (χ2n) is 4.04. The Labute approximate surface area is 103 Å². The van der Waals surface area contributed by atoms with Crippen molar-refractivity contribution in [1.82, 2.24) is 10.3 Å². The van der Waals surface area contributed by atoms with Gasteiger partial charge in [-0.2, -0.15) is 0 Å². The maximum absolute atomic E-state index is 12.0. The van der Waals surface area contributed by atoms with Gasteiger partial charge in [0.25, 0.3) is 5.91 Å². The summed E-state index contributed by atoms with van der Waals surface area (Å²) in [4.78, 5) is 16.1. The fourth-order valence-electron chi connectivity index (χ4n) is 1.70. The number of nitrogens with zero attached hydrogens (tertiary/aromatic N) is 1. The third-order valence-electron chi connectivity index (χ3n) is 3.00. The van der Waals surface area contributed by atoms with Crippen LogP contribution in [0.15, 0.2) is 18.3 Å². The van der Waals surface area contributed by atoms with E-state index in [-0.39, 0.29) is 5.91 Å². The Hall–Kier alpha value is -1.58. The van der Waals surface area contributed by atoms with Crippen LogP contribution in [-0.4, -0.2) is 24.5 Å². The highest BCUT2D eigenvalue weighted by Gasteiger charge is 2.12.